The van der Waals surface area contributed by atoms with Crippen molar-refractivity contribution in [2.24, 2.45) is 0 Å². The van der Waals surface area contributed by atoms with E-state index in [0.717, 1.165) is 37.1 Å². The topological polar surface area (TPSA) is 95.1 Å². The van der Waals surface area contributed by atoms with Gasteiger partial charge in [0.15, 0.2) is 5.82 Å². The lowest BCUT2D eigenvalue weighted by Crippen LogP contribution is -2.16. The molecule has 0 aromatic carbocycles. The van der Waals surface area contributed by atoms with E-state index in [-0.39, 0.29) is 11.9 Å². The molecular weight excluding hydrogens is 358 g/mol. The Labute approximate surface area is 163 Å². The van der Waals surface area contributed by atoms with E-state index in [1.54, 1.807) is 17.9 Å². The molecule has 3 aromatic heterocycles. The number of aromatic nitrogens is 4. The maximum Gasteiger partial charge on any atom is 0.259 e. The lowest BCUT2D eigenvalue weighted by atomic mass is 10.1. The molecule has 8 nitrogen and oxygen atoms in total. The molecule has 0 saturated heterocycles. The van der Waals surface area contributed by atoms with Crippen molar-refractivity contribution in [3.05, 3.63) is 35.3 Å². The van der Waals surface area contributed by atoms with Crippen molar-refractivity contribution in [3.63, 3.8) is 0 Å². The Morgan fingerprint density at radius 2 is 2.29 bits per heavy atom. The van der Waals surface area contributed by atoms with Gasteiger partial charge in [-0.15, -0.1) is 0 Å². The number of nitrogens with zero attached hydrogens (tertiary/aromatic N) is 4. The van der Waals surface area contributed by atoms with E-state index >= 15 is 0 Å². The predicted octanol–water partition coefficient (Wildman–Crippen LogP) is 3.71. The Bertz CT molecular complexity index is 989. The molecule has 28 heavy (non-hydrogen) atoms. The monoisotopic (exact) mass is 383 g/mol. The van der Waals surface area contributed by atoms with Gasteiger partial charge in [0.2, 0.25) is 0 Å². The zero-order chi connectivity index (χ0) is 19.7. The van der Waals surface area contributed by atoms with Gasteiger partial charge in [0, 0.05) is 31.0 Å². The van der Waals surface area contributed by atoms with Crippen molar-refractivity contribution in [2.45, 2.75) is 51.5 Å². The highest BCUT2D eigenvalue weighted by atomic mass is 16.5. The van der Waals surface area contributed by atoms with Crippen molar-refractivity contribution in [1.29, 1.82) is 0 Å². The molecule has 0 radical (unpaired) electrons. The standard InChI is InChI=1S/C20H25N5O3/c1-4-5-15-18-14(10-16(13-6-7-13)21-20(18)28-24-15)19(26)22-17-8-9-25(23-17)12(2)11-27-3/h8-10,12-13H,4-7,11H2,1-3H3,(H,22,23,26)/t12-/m0/s1. The molecule has 8 heteroatoms. The van der Waals surface area contributed by atoms with Gasteiger partial charge < -0.3 is 14.6 Å². The second-order valence-corrected chi connectivity index (χ2v) is 7.37. The van der Waals surface area contributed by atoms with E-state index in [1.165, 1.54) is 0 Å². The number of fused-ring (bicyclic) bond motifs is 1. The number of ether oxygens (including phenoxy) is 1. The van der Waals surface area contributed by atoms with E-state index in [4.69, 9.17) is 9.26 Å². The third-order valence-corrected chi connectivity index (χ3v) is 4.97. The number of aryl methyl sites for hydroxylation is 1. The quantitative estimate of drug-likeness (QED) is 0.637. The minimum absolute atomic E-state index is 0.0824. The van der Waals surface area contributed by atoms with Gasteiger partial charge in [-0.2, -0.15) is 5.10 Å². The van der Waals surface area contributed by atoms with Gasteiger partial charge in [0.25, 0.3) is 11.6 Å². The minimum atomic E-state index is -0.223. The number of anilines is 1. The number of methoxy groups -OCH3 is 1. The lowest BCUT2D eigenvalue weighted by molar-refractivity contribution is 0.102. The smallest absolute Gasteiger partial charge is 0.259 e. The number of nitrogens with one attached hydrogen (secondary N) is 1. The third kappa shape index (κ3) is 3.64. The van der Waals surface area contributed by atoms with E-state index in [9.17, 15) is 4.79 Å². The van der Waals surface area contributed by atoms with Crippen LogP contribution in [0.15, 0.2) is 22.9 Å². The highest BCUT2D eigenvalue weighted by Gasteiger charge is 2.29. The molecule has 1 atom stereocenters. The molecule has 4 rings (SSSR count). The summed E-state index contributed by atoms with van der Waals surface area (Å²) in [6, 6.07) is 3.75. The zero-order valence-corrected chi connectivity index (χ0v) is 16.4. The SMILES string of the molecule is CCCc1noc2nc(C3CC3)cc(C(=O)Nc3ccn([C@@H](C)COC)n3)c12. The number of rotatable bonds is 8. The molecule has 1 fully saturated rings. The molecule has 148 valence electrons. The summed E-state index contributed by atoms with van der Waals surface area (Å²) in [5.74, 6) is 0.684. The largest absolute Gasteiger partial charge is 0.382 e. The summed E-state index contributed by atoms with van der Waals surface area (Å²) in [7, 11) is 1.65. The molecule has 3 aromatic rings. The normalized spacial score (nSPS) is 15.1. The van der Waals surface area contributed by atoms with Crippen LogP contribution in [0.4, 0.5) is 5.82 Å². The Balaban J connectivity index is 1.65. The van der Waals surface area contributed by atoms with Gasteiger partial charge >= 0.3 is 0 Å². The second kappa shape index (κ2) is 7.71. The van der Waals surface area contributed by atoms with Crippen LogP contribution >= 0.6 is 0 Å². The fourth-order valence-electron chi connectivity index (χ4n) is 3.36. The van der Waals surface area contributed by atoms with Crippen LogP contribution in [-0.4, -0.2) is 39.5 Å². The highest BCUT2D eigenvalue weighted by molar-refractivity contribution is 6.12. The molecule has 1 aliphatic rings. The molecule has 1 aliphatic carbocycles. The van der Waals surface area contributed by atoms with Crippen LogP contribution in [0.5, 0.6) is 0 Å². The molecule has 1 saturated carbocycles. The van der Waals surface area contributed by atoms with Gasteiger partial charge in [-0.3, -0.25) is 9.48 Å². The number of carbonyl (C=O) groups is 1. The van der Waals surface area contributed by atoms with Gasteiger partial charge in [-0.1, -0.05) is 18.5 Å². The summed E-state index contributed by atoms with van der Waals surface area (Å²) in [5, 5.41) is 12.2. The molecule has 3 heterocycles. The first kappa shape index (κ1) is 18.6. The van der Waals surface area contributed by atoms with Crippen LogP contribution < -0.4 is 5.32 Å². The molecule has 0 spiro atoms. The van der Waals surface area contributed by atoms with Crippen molar-refractivity contribution in [3.8, 4) is 0 Å². The third-order valence-electron chi connectivity index (χ3n) is 4.97. The molecule has 1 amide bonds. The van der Waals surface area contributed by atoms with Gasteiger partial charge in [0.1, 0.15) is 0 Å². The molecule has 0 unspecified atom stereocenters. The van der Waals surface area contributed by atoms with Gasteiger partial charge in [-0.05, 0) is 32.3 Å². The van der Waals surface area contributed by atoms with Crippen molar-refractivity contribution in [1.82, 2.24) is 19.9 Å². The summed E-state index contributed by atoms with van der Waals surface area (Å²) in [5.41, 5.74) is 2.67. The van der Waals surface area contributed by atoms with Gasteiger partial charge in [-0.25, -0.2) is 4.98 Å². The second-order valence-electron chi connectivity index (χ2n) is 7.37. The summed E-state index contributed by atoms with van der Waals surface area (Å²) in [4.78, 5) is 17.7. The van der Waals surface area contributed by atoms with E-state index in [0.29, 0.717) is 35.0 Å². The van der Waals surface area contributed by atoms with E-state index in [1.807, 2.05) is 19.2 Å². The van der Waals surface area contributed by atoms with Crippen LogP contribution in [0, 0.1) is 0 Å². The number of hydrogen-bond acceptors (Lipinski definition) is 6. The van der Waals surface area contributed by atoms with Crippen molar-refractivity contribution >= 4 is 22.8 Å². The maximum atomic E-state index is 13.1. The Kier molecular flexibility index (Phi) is 5.13. The molecule has 0 bridgehead atoms. The van der Waals surface area contributed by atoms with Gasteiger partial charge in [0.05, 0.1) is 29.3 Å². The van der Waals surface area contributed by atoms with Crippen LogP contribution in [0.3, 0.4) is 0 Å². The maximum absolute atomic E-state index is 13.1. The fraction of sp³-hybridized carbons (Fsp3) is 0.500. The average Bonchev–Trinajstić information content (AvgIpc) is 3.31. The first-order valence-electron chi connectivity index (χ1n) is 9.75. The van der Waals surface area contributed by atoms with Crippen LogP contribution in [0.1, 0.15) is 66.8 Å². The first-order chi connectivity index (χ1) is 13.6. The summed E-state index contributed by atoms with van der Waals surface area (Å²) in [6.45, 7) is 4.62. The van der Waals surface area contributed by atoms with E-state index < -0.39 is 0 Å². The van der Waals surface area contributed by atoms with Crippen LogP contribution in [0.2, 0.25) is 0 Å². The highest BCUT2D eigenvalue weighted by Crippen LogP contribution is 2.40. The zero-order valence-electron chi connectivity index (χ0n) is 16.4. The van der Waals surface area contributed by atoms with Crippen LogP contribution in [0.25, 0.3) is 11.1 Å². The number of hydrogen-bond donors (Lipinski definition) is 1. The predicted molar refractivity (Wildman–Crippen MR) is 105 cm³/mol. The van der Waals surface area contributed by atoms with Crippen LogP contribution in [-0.2, 0) is 11.2 Å². The van der Waals surface area contributed by atoms with E-state index in [2.05, 4.69) is 27.5 Å². The summed E-state index contributed by atoms with van der Waals surface area (Å²) in [6.07, 6.45) is 5.67. The lowest BCUT2D eigenvalue weighted by Gasteiger charge is -2.10. The Morgan fingerprint density at radius 1 is 1.46 bits per heavy atom. The molecule has 1 N–H and O–H groups in total. The number of carbonyl (C=O) groups excluding carboxylic acids is 1. The fourth-order valence-corrected chi connectivity index (χ4v) is 3.36. The minimum Gasteiger partial charge on any atom is -0.382 e. The molecule has 0 aliphatic heterocycles. The molecular formula is C20H25N5O3. The van der Waals surface area contributed by atoms with Crippen molar-refractivity contribution in [2.75, 3.05) is 19.0 Å². The first-order valence-corrected chi connectivity index (χ1v) is 9.75. The number of amides is 1. The summed E-state index contributed by atoms with van der Waals surface area (Å²) < 4.78 is 12.4. The Morgan fingerprint density at radius 3 is 3.00 bits per heavy atom. The number of pyridine rings is 1. The average molecular weight is 383 g/mol. The Hall–Kier alpha value is -2.74. The van der Waals surface area contributed by atoms with Crippen molar-refractivity contribution < 1.29 is 14.1 Å². The summed E-state index contributed by atoms with van der Waals surface area (Å²) >= 11 is 0.